The molecule has 0 radical (unpaired) electrons. The number of imidazole rings is 1. The lowest BCUT2D eigenvalue weighted by atomic mass is 10.1. The van der Waals surface area contributed by atoms with Gasteiger partial charge in [-0.25, -0.2) is 4.98 Å². The monoisotopic (exact) mass is 516 g/mol. The summed E-state index contributed by atoms with van der Waals surface area (Å²) in [6.07, 6.45) is 5.65. The van der Waals surface area contributed by atoms with Gasteiger partial charge in [-0.05, 0) is 55.1 Å². The van der Waals surface area contributed by atoms with Crippen molar-refractivity contribution in [1.82, 2.24) is 19.7 Å². The first kappa shape index (κ1) is 24.1. The highest BCUT2D eigenvalue weighted by atomic mass is 32.1. The summed E-state index contributed by atoms with van der Waals surface area (Å²) in [7, 11) is 0. The molecule has 4 heterocycles. The van der Waals surface area contributed by atoms with E-state index in [-0.39, 0.29) is 5.91 Å². The third kappa shape index (κ3) is 5.08. The second-order valence-corrected chi connectivity index (χ2v) is 10.6. The molecular formula is C32H28N4OS. The quantitative estimate of drug-likeness (QED) is 0.240. The molecule has 4 aromatic heterocycles. The number of carbonyl (C=O) groups is 1. The SMILES string of the molecule is Cc1ccc(-c2nc3ccc(-c4cc5ccccc5s4)cn3c2CCC(=O)NCCc2ccccn2)cc1. The Kier molecular flexibility index (Phi) is 6.71. The van der Waals surface area contributed by atoms with Crippen molar-refractivity contribution < 1.29 is 4.79 Å². The Bertz CT molecular complexity index is 1680. The van der Waals surface area contributed by atoms with Crippen molar-refractivity contribution in [3.8, 4) is 21.7 Å². The number of aromatic nitrogens is 3. The molecule has 1 amide bonds. The first-order valence-electron chi connectivity index (χ1n) is 12.9. The zero-order valence-electron chi connectivity index (χ0n) is 21.2. The first-order valence-corrected chi connectivity index (χ1v) is 13.7. The van der Waals surface area contributed by atoms with Crippen LogP contribution >= 0.6 is 11.3 Å². The zero-order chi connectivity index (χ0) is 25.9. The number of nitrogens with one attached hydrogen (secondary N) is 1. The molecule has 6 aromatic rings. The molecule has 188 valence electrons. The van der Waals surface area contributed by atoms with Gasteiger partial charge in [-0.15, -0.1) is 11.3 Å². The molecule has 5 nitrogen and oxygen atoms in total. The fraction of sp³-hybridized carbons (Fsp3) is 0.156. The van der Waals surface area contributed by atoms with Gasteiger partial charge in [0.25, 0.3) is 0 Å². The van der Waals surface area contributed by atoms with E-state index in [0.29, 0.717) is 19.4 Å². The highest BCUT2D eigenvalue weighted by molar-refractivity contribution is 7.22. The summed E-state index contributed by atoms with van der Waals surface area (Å²) in [6, 6.07) is 29.2. The number of pyridine rings is 2. The number of aryl methyl sites for hydroxylation is 2. The van der Waals surface area contributed by atoms with Gasteiger partial charge in [-0.3, -0.25) is 9.78 Å². The van der Waals surface area contributed by atoms with Crippen molar-refractivity contribution >= 4 is 33.0 Å². The summed E-state index contributed by atoms with van der Waals surface area (Å²) in [4.78, 5) is 23.3. The van der Waals surface area contributed by atoms with Crippen molar-refractivity contribution in [2.75, 3.05) is 6.54 Å². The Hall–Kier alpha value is -4.29. The van der Waals surface area contributed by atoms with E-state index in [1.165, 1.54) is 20.5 Å². The number of carbonyl (C=O) groups excluding carboxylic acids is 1. The van der Waals surface area contributed by atoms with Crippen molar-refractivity contribution in [3.63, 3.8) is 0 Å². The third-order valence-electron chi connectivity index (χ3n) is 6.77. The molecule has 0 unspecified atom stereocenters. The number of fused-ring (bicyclic) bond motifs is 2. The second kappa shape index (κ2) is 10.6. The number of hydrogen-bond acceptors (Lipinski definition) is 4. The van der Waals surface area contributed by atoms with Crippen molar-refractivity contribution in [2.45, 2.75) is 26.2 Å². The number of amides is 1. The second-order valence-electron chi connectivity index (χ2n) is 9.49. The lowest BCUT2D eigenvalue weighted by Crippen LogP contribution is -2.26. The standard InChI is InChI=1S/C32H28N4OS/c1-22-9-11-23(12-10-22)32-27(14-16-31(37)34-19-17-26-7-4-5-18-33-26)36-21-25(13-15-30(36)35-32)29-20-24-6-2-3-8-28(24)38-29/h2-13,15,18,20-21H,14,16-17,19H2,1H3,(H,34,37). The van der Waals surface area contributed by atoms with Crippen LogP contribution in [-0.4, -0.2) is 26.8 Å². The fourth-order valence-corrected chi connectivity index (χ4v) is 5.79. The van der Waals surface area contributed by atoms with Crippen molar-refractivity contribution in [1.29, 1.82) is 0 Å². The average molecular weight is 517 g/mol. The van der Waals surface area contributed by atoms with Gasteiger partial charge in [-0.1, -0.05) is 54.1 Å². The molecule has 6 rings (SSSR count). The highest BCUT2D eigenvalue weighted by Gasteiger charge is 2.17. The molecule has 0 aliphatic rings. The lowest BCUT2D eigenvalue weighted by Gasteiger charge is -2.08. The molecule has 2 aromatic carbocycles. The summed E-state index contributed by atoms with van der Waals surface area (Å²) in [5, 5.41) is 4.30. The van der Waals surface area contributed by atoms with E-state index in [4.69, 9.17) is 4.98 Å². The Morgan fingerprint density at radius 1 is 0.921 bits per heavy atom. The molecular weight excluding hydrogens is 488 g/mol. The maximum atomic E-state index is 12.8. The number of nitrogens with zero attached hydrogens (tertiary/aromatic N) is 3. The highest BCUT2D eigenvalue weighted by Crippen LogP contribution is 2.34. The summed E-state index contributed by atoms with van der Waals surface area (Å²) in [5.74, 6) is 0.0337. The zero-order valence-corrected chi connectivity index (χ0v) is 22.0. The predicted octanol–water partition coefficient (Wildman–Crippen LogP) is 6.88. The first-order chi connectivity index (χ1) is 18.6. The molecule has 0 saturated carbocycles. The summed E-state index contributed by atoms with van der Waals surface area (Å²) in [6.45, 7) is 2.66. The van der Waals surface area contributed by atoms with E-state index < -0.39 is 0 Å². The molecule has 38 heavy (non-hydrogen) atoms. The molecule has 0 saturated heterocycles. The van der Waals surface area contributed by atoms with Crippen LogP contribution in [0.3, 0.4) is 0 Å². The lowest BCUT2D eigenvalue weighted by molar-refractivity contribution is -0.121. The van der Waals surface area contributed by atoms with Crippen LogP contribution in [0.5, 0.6) is 0 Å². The minimum Gasteiger partial charge on any atom is -0.356 e. The average Bonchev–Trinajstić information content (AvgIpc) is 3.54. The molecule has 1 N–H and O–H groups in total. The van der Waals surface area contributed by atoms with Gasteiger partial charge in [0.15, 0.2) is 0 Å². The minimum atomic E-state index is 0.0337. The van der Waals surface area contributed by atoms with E-state index in [1.54, 1.807) is 17.5 Å². The molecule has 0 aliphatic carbocycles. The van der Waals surface area contributed by atoms with Gasteiger partial charge in [0, 0.05) is 58.2 Å². The molecule has 0 spiro atoms. The van der Waals surface area contributed by atoms with E-state index >= 15 is 0 Å². The van der Waals surface area contributed by atoms with Crippen LogP contribution in [0.4, 0.5) is 0 Å². The Morgan fingerprint density at radius 3 is 2.55 bits per heavy atom. The van der Waals surface area contributed by atoms with Crippen LogP contribution in [0.2, 0.25) is 0 Å². The van der Waals surface area contributed by atoms with Crippen LogP contribution in [0.1, 0.15) is 23.4 Å². The Morgan fingerprint density at radius 2 is 1.74 bits per heavy atom. The predicted molar refractivity (Wildman–Crippen MR) is 155 cm³/mol. The van der Waals surface area contributed by atoms with Crippen molar-refractivity contribution in [3.05, 3.63) is 114 Å². The Balaban J connectivity index is 1.29. The molecule has 0 fully saturated rings. The van der Waals surface area contributed by atoms with Gasteiger partial charge < -0.3 is 9.72 Å². The molecule has 0 atom stereocenters. The van der Waals surface area contributed by atoms with Crippen LogP contribution in [0.15, 0.2) is 97.3 Å². The smallest absolute Gasteiger partial charge is 0.220 e. The minimum absolute atomic E-state index is 0.0337. The van der Waals surface area contributed by atoms with E-state index in [1.807, 2.05) is 18.2 Å². The Labute approximate surface area is 225 Å². The summed E-state index contributed by atoms with van der Waals surface area (Å²) >= 11 is 1.79. The maximum absolute atomic E-state index is 12.8. The summed E-state index contributed by atoms with van der Waals surface area (Å²) < 4.78 is 3.44. The summed E-state index contributed by atoms with van der Waals surface area (Å²) in [5.41, 5.74) is 7.26. The van der Waals surface area contributed by atoms with Gasteiger partial charge in [0.2, 0.25) is 5.91 Å². The van der Waals surface area contributed by atoms with Crippen LogP contribution in [0, 0.1) is 6.92 Å². The van der Waals surface area contributed by atoms with E-state index in [2.05, 4.69) is 94.6 Å². The van der Waals surface area contributed by atoms with Gasteiger partial charge >= 0.3 is 0 Å². The van der Waals surface area contributed by atoms with Gasteiger partial charge in [0.1, 0.15) is 5.65 Å². The number of benzene rings is 2. The molecule has 6 heteroatoms. The number of thiophene rings is 1. The topological polar surface area (TPSA) is 59.3 Å². The third-order valence-corrected chi connectivity index (χ3v) is 7.94. The van der Waals surface area contributed by atoms with Crippen molar-refractivity contribution in [2.24, 2.45) is 0 Å². The van der Waals surface area contributed by atoms with Crippen LogP contribution < -0.4 is 5.32 Å². The largest absolute Gasteiger partial charge is 0.356 e. The maximum Gasteiger partial charge on any atom is 0.220 e. The molecule has 0 aliphatic heterocycles. The van der Waals surface area contributed by atoms with E-state index in [9.17, 15) is 4.79 Å². The normalized spacial score (nSPS) is 11.3. The van der Waals surface area contributed by atoms with Crippen LogP contribution in [-0.2, 0) is 17.6 Å². The van der Waals surface area contributed by atoms with E-state index in [0.717, 1.165) is 40.3 Å². The number of rotatable bonds is 8. The van der Waals surface area contributed by atoms with Gasteiger partial charge in [0.05, 0.1) is 11.4 Å². The molecule has 0 bridgehead atoms. The number of hydrogen-bond donors (Lipinski definition) is 1. The fourth-order valence-electron chi connectivity index (χ4n) is 4.74. The van der Waals surface area contributed by atoms with Crippen LogP contribution in [0.25, 0.3) is 37.4 Å². The van der Waals surface area contributed by atoms with Gasteiger partial charge in [-0.2, -0.15) is 0 Å².